The Labute approximate surface area is 120 Å². The van der Waals surface area contributed by atoms with Gasteiger partial charge in [0.25, 0.3) is 0 Å². The largest absolute Gasteiger partial charge is 0.370 e. The summed E-state index contributed by atoms with van der Waals surface area (Å²) in [6.07, 6.45) is 1.55. The molecule has 20 heavy (non-hydrogen) atoms. The van der Waals surface area contributed by atoms with Gasteiger partial charge in [-0.3, -0.25) is 4.79 Å². The standard InChI is InChI=1S/C14H23N5O/c1-4-10-14(20)16-7-8-19(10)13-9-12(15-6-3)17-11(5-2)18-13/h9-10H,4-8H2,1-3H3,(H,16,20)(H,15,17,18). The van der Waals surface area contributed by atoms with Gasteiger partial charge in [-0.15, -0.1) is 0 Å². The fraction of sp³-hybridized carbons (Fsp3) is 0.643. The SMILES string of the molecule is CCNc1cc(N2CCNC(=O)C2CC)nc(CC)n1. The molecule has 1 aromatic rings. The average Bonchev–Trinajstić information content (AvgIpc) is 2.47. The van der Waals surface area contributed by atoms with Crippen molar-refractivity contribution in [3.63, 3.8) is 0 Å². The van der Waals surface area contributed by atoms with Gasteiger partial charge in [0.2, 0.25) is 5.91 Å². The van der Waals surface area contributed by atoms with Gasteiger partial charge in [-0.05, 0) is 13.3 Å². The van der Waals surface area contributed by atoms with E-state index in [1.807, 2.05) is 26.8 Å². The zero-order valence-electron chi connectivity index (χ0n) is 12.4. The molecule has 0 bridgehead atoms. The van der Waals surface area contributed by atoms with E-state index in [1.54, 1.807) is 0 Å². The van der Waals surface area contributed by atoms with Crippen LogP contribution >= 0.6 is 0 Å². The average molecular weight is 277 g/mol. The van der Waals surface area contributed by atoms with Crippen LogP contribution in [0, 0.1) is 0 Å². The highest BCUT2D eigenvalue weighted by Crippen LogP contribution is 2.21. The van der Waals surface area contributed by atoms with Crippen LogP contribution in [0.4, 0.5) is 11.6 Å². The maximum absolute atomic E-state index is 12.0. The van der Waals surface area contributed by atoms with E-state index in [0.717, 1.165) is 43.4 Å². The summed E-state index contributed by atoms with van der Waals surface area (Å²) in [6.45, 7) is 8.37. The molecule has 1 aliphatic rings. The number of amides is 1. The molecule has 1 aromatic heterocycles. The van der Waals surface area contributed by atoms with Crippen LogP contribution in [0.2, 0.25) is 0 Å². The Kier molecular flexibility index (Phi) is 4.76. The quantitative estimate of drug-likeness (QED) is 0.846. The summed E-state index contributed by atoms with van der Waals surface area (Å²) >= 11 is 0. The number of aryl methyl sites for hydroxylation is 1. The third-order valence-electron chi connectivity index (χ3n) is 3.44. The van der Waals surface area contributed by atoms with Crippen molar-refractivity contribution in [2.45, 2.75) is 39.7 Å². The van der Waals surface area contributed by atoms with Crippen LogP contribution in [-0.2, 0) is 11.2 Å². The number of carbonyl (C=O) groups excluding carboxylic acids is 1. The number of rotatable bonds is 5. The van der Waals surface area contributed by atoms with Crippen molar-refractivity contribution in [2.24, 2.45) is 0 Å². The van der Waals surface area contributed by atoms with Crippen LogP contribution in [0.5, 0.6) is 0 Å². The Morgan fingerprint density at radius 1 is 1.40 bits per heavy atom. The van der Waals surface area contributed by atoms with E-state index in [-0.39, 0.29) is 11.9 Å². The lowest BCUT2D eigenvalue weighted by atomic mass is 10.1. The number of aromatic nitrogens is 2. The molecule has 0 spiro atoms. The summed E-state index contributed by atoms with van der Waals surface area (Å²) in [6, 6.07) is 1.79. The van der Waals surface area contributed by atoms with Gasteiger partial charge in [0.05, 0.1) is 0 Å². The van der Waals surface area contributed by atoms with Crippen LogP contribution in [0.25, 0.3) is 0 Å². The molecule has 6 nitrogen and oxygen atoms in total. The Bertz CT molecular complexity index is 477. The smallest absolute Gasteiger partial charge is 0.242 e. The second-order valence-electron chi connectivity index (χ2n) is 4.82. The summed E-state index contributed by atoms with van der Waals surface area (Å²) in [7, 11) is 0. The summed E-state index contributed by atoms with van der Waals surface area (Å²) in [4.78, 5) is 23.1. The molecular weight excluding hydrogens is 254 g/mol. The molecule has 110 valence electrons. The number of nitrogens with one attached hydrogen (secondary N) is 2. The zero-order chi connectivity index (χ0) is 14.5. The van der Waals surface area contributed by atoms with E-state index in [1.165, 1.54) is 0 Å². The molecule has 1 amide bonds. The lowest BCUT2D eigenvalue weighted by Crippen LogP contribution is -2.55. The molecular formula is C14H23N5O. The topological polar surface area (TPSA) is 70.2 Å². The second kappa shape index (κ2) is 6.54. The fourth-order valence-electron chi connectivity index (χ4n) is 2.45. The van der Waals surface area contributed by atoms with E-state index in [4.69, 9.17) is 0 Å². The van der Waals surface area contributed by atoms with Crippen molar-refractivity contribution in [1.29, 1.82) is 0 Å². The third kappa shape index (κ3) is 3.00. The van der Waals surface area contributed by atoms with Crippen molar-refractivity contribution >= 4 is 17.5 Å². The number of nitrogens with zero attached hydrogens (tertiary/aromatic N) is 3. The first-order valence-electron chi connectivity index (χ1n) is 7.35. The lowest BCUT2D eigenvalue weighted by Gasteiger charge is -2.35. The maximum Gasteiger partial charge on any atom is 0.242 e. The number of piperazine rings is 1. The van der Waals surface area contributed by atoms with E-state index >= 15 is 0 Å². The van der Waals surface area contributed by atoms with Crippen LogP contribution < -0.4 is 15.5 Å². The predicted octanol–water partition coefficient (Wildman–Crippen LogP) is 1.19. The van der Waals surface area contributed by atoms with Crippen LogP contribution in [0.15, 0.2) is 6.07 Å². The first kappa shape index (κ1) is 14.6. The molecule has 6 heteroatoms. The molecule has 1 unspecified atom stereocenters. The molecule has 0 radical (unpaired) electrons. The molecule has 1 saturated heterocycles. The molecule has 1 atom stereocenters. The predicted molar refractivity (Wildman–Crippen MR) is 80.0 cm³/mol. The molecule has 0 saturated carbocycles. The number of carbonyl (C=O) groups is 1. The summed E-state index contributed by atoms with van der Waals surface area (Å²) in [5, 5.41) is 6.14. The lowest BCUT2D eigenvalue weighted by molar-refractivity contribution is -0.123. The first-order chi connectivity index (χ1) is 9.69. The zero-order valence-corrected chi connectivity index (χ0v) is 12.4. The maximum atomic E-state index is 12.0. The molecule has 1 fully saturated rings. The molecule has 2 N–H and O–H groups in total. The van der Waals surface area contributed by atoms with E-state index < -0.39 is 0 Å². The monoisotopic (exact) mass is 277 g/mol. The molecule has 2 rings (SSSR count). The van der Waals surface area contributed by atoms with Crippen LogP contribution in [-0.4, -0.2) is 41.6 Å². The van der Waals surface area contributed by atoms with Gasteiger partial charge in [0.1, 0.15) is 23.5 Å². The van der Waals surface area contributed by atoms with Crippen LogP contribution in [0.3, 0.4) is 0 Å². The normalized spacial score (nSPS) is 18.9. The van der Waals surface area contributed by atoms with Gasteiger partial charge in [-0.25, -0.2) is 9.97 Å². The Hall–Kier alpha value is -1.85. The highest BCUT2D eigenvalue weighted by Gasteiger charge is 2.29. The van der Waals surface area contributed by atoms with Gasteiger partial charge in [0, 0.05) is 32.1 Å². The highest BCUT2D eigenvalue weighted by atomic mass is 16.2. The van der Waals surface area contributed by atoms with E-state index in [2.05, 4.69) is 25.5 Å². The van der Waals surface area contributed by atoms with E-state index in [0.29, 0.717) is 6.54 Å². The van der Waals surface area contributed by atoms with Crippen molar-refractivity contribution in [3.05, 3.63) is 11.9 Å². The van der Waals surface area contributed by atoms with Crippen molar-refractivity contribution < 1.29 is 4.79 Å². The highest BCUT2D eigenvalue weighted by molar-refractivity contribution is 5.86. The Balaban J connectivity index is 2.34. The minimum absolute atomic E-state index is 0.0837. The van der Waals surface area contributed by atoms with Gasteiger partial charge in [0.15, 0.2) is 0 Å². The fourth-order valence-corrected chi connectivity index (χ4v) is 2.45. The van der Waals surface area contributed by atoms with Gasteiger partial charge < -0.3 is 15.5 Å². The van der Waals surface area contributed by atoms with Gasteiger partial charge in [-0.2, -0.15) is 0 Å². The second-order valence-corrected chi connectivity index (χ2v) is 4.82. The Morgan fingerprint density at radius 2 is 2.20 bits per heavy atom. The van der Waals surface area contributed by atoms with Crippen LogP contribution in [0.1, 0.15) is 33.0 Å². The van der Waals surface area contributed by atoms with Gasteiger partial charge >= 0.3 is 0 Å². The van der Waals surface area contributed by atoms with Crippen molar-refractivity contribution in [2.75, 3.05) is 29.9 Å². The van der Waals surface area contributed by atoms with E-state index in [9.17, 15) is 4.79 Å². The molecule has 2 heterocycles. The summed E-state index contributed by atoms with van der Waals surface area (Å²) < 4.78 is 0. The molecule has 0 aliphatic carbocycles. The first-order valence-corrected chi connectivity index (χ1v) is 7.35. The number of anilines is 2. The van der Waals surface area contributed by atoms with Crippen molar-refractivity contribution in [1.82, 2.24) is 15.3 Å². The summed E-state index contributed by atoms with van der Waals surface area (Å²) in [5.74, 6) is 2.56. The molecule has 0 aromatic carbocycles. The number of hydrogen-bond donors (Lipinski definition) is 2. The third-order valence-corrected chi connectivity index (χ3v) is 3.44. The Morgan fingerprint density at radius 3 is 2.85 bits per heavy atom. The minimum Gasteiger partial charge on any atom is -0.370 e. The summed E-state index contributed by atoms with van der Waals surface area (Å²) in [5.41, 5.74) is 0. The number of hydrogen-bond acceptors (Lipinski definition) is 5. The van der Waals surface area contributed by atoms with Crippen molar-refractivity contribution in [3.8, 4) is 0 Å². The minimum atomic E-state index is -0.141. The van der Waals surface area contributed by atoms with Gasteiger partial charge in [-0.1, -0.05) is 13.8 Å². The molecule has 1 aliphatic heterocycles.